The van der Waals surface area contributed by atoms with E-state index in [1.54, 1.807) is 83.1 Å². The molecule has 0 N–H and O–H groups in total. The van der Waals surface area contributed by atoms with Gasteiger partial charge in [0.2, 0.25) is 0 Å². The first-order valence-electron chi connectivity index (χ1n) is 12.1. The Labute approximate surface area is 228 Å². The molecule has 1 heterocycles. The normalized spacial score (nSPS) is 25.5. The highest BCUT2D eigenvalue weighted by Gasteiger charge is 2.53. The molecular formula is C26H43IO9. The second-order valence-electron chi connectivity index (χ2n) is 13.2. The molecule has 1 fully saturated rings. The van der Waals surface area contributed by atoms with Crippen LogP contribution >= 0.6 is 22.6 Å². The third-order valence-electron chi connectivity index (χ3n) is 5.13. The molecule has 1 saturated heterocycles. The summed E-state index contributed by atoms with van der Waals surface area (Å²) < 4.78 is 28.2. The Kier molecular flexibility index (Phi) is 10.4. The van der Waals surface area contributed by atoms with Gasteiger partial charge in [-0.15, -0.1) is 0 Å². The van der Waals surface area contributed by atoms with E-state index in [1.165, 1.54) is 0 Å². The van der Waals surface area contributed by atoms with Crippen LogP contribution in [0.4, 0.5) is 0 Å². The molecule has 0 unspecified atom stereocenters. The minimum Gasteiger partial charge on any atom is -0.462 e. The average molecular weight is 627 g/mol. The Bertz CT molecular complexity index is 824. The van der Waals surface area contributed by atoms with Crippen molar-refractivity contribution in [3.05, 3.63) is 0 Å². The molecular weight excluding hydrogens is 583 g/mol. The number of carbonyl (C=O) groups is 4. The molecule has 0 radical (unpaired) electrons. The van der Waals surface area contributed by atoms with E-state index in [4.69, 9.17) is 23.7 Å². The van der Waals surface area contributed by atoms with Gasteiger partial charge < -0.3 is 23.7 Å². The maximum absolute atomic E-state index is 13.0. The molecule has 1 aliphatic rings. The van der Waals surface area contributed by atoms with Crippen LogP contribution in [0.2, 0.25) is 0 Å². The summed E-state index contributed by atoms with van der Waals surface area (Å²) in [6.45, 7) is 20.1. The zero-order valence-electron chi connectivity index (χ0n) is 23.6. The molecule has 0 aromatic rings. The second-order valence-corrected chi connectivity index (χ2v) is 14.5. The second kappa shape index (κ2) is 11.5. The summed E-state index contributed by atoms with van der Waals surface area (Å²) in [5.74, 6) is -2.15. The van der Waals surface area contributed by atoms with Crippen molar-refractivity contribution in [3.8, 4) is 0 Å². The Balaban J connectivity index is 3.50. The highest BCUT2D eigenvalue weighted by Crippen LogP contribution is 2.35. The van der Waals surface area contributed by atoms with Crippen LogP contribution in [0.5, 0.6) is 0 Å². The average Bonchev–Trinajstić information content (AvgIpc) is 2.67. The number of alkyl halides is 1. The van der Waals surface area contributed by atoms with Crippen molar-refractivity contribution in [2.24, 2.45) is 21.7 Å². The lowest BCUT2D eigenvalue weighted by atomic mass is 9.93. The molecule has 1 aliphatic heterocycles. The van der Waals surface area contributed by atoms with E-state index in [-0.39, 0.29) is 6.61 Å². The standard InChI is InChI=1S/C26H43IO9/c1-23(2,3)19(28)32-13-14-15(34-20(29)24(4,5)6)16(35-21(30)25(7,8)9)17(18(27)33-14)36-22(31)26(10,11)12/h14-18H,13H2,1-12H3/t14-,15-,16+,17-,18+/m1/s1. The highest BCUT2D eigenvalue weighted by atomic mass is 127. The quantitative estimate of drug-likeness (QED) is 0.187. The molecule has 10 heteroatoms. The molecule has 0 aliphatic carbocycles. The topological polar surface area (TPSA) is 114 Å². The summed E-state index contributed by atoms with van der Waals surface area (Å²) in [6.07, 6.45) is -4.43. The van der Waals surface area contributed by atoms with Gasteiger partial charge in [0.1, 0.15) is 16.8 Å². The van der Waals surface area contributed by atoms with Crippen LogP contribution in [0.3, 0.4) is 0 Å². The lowest BCUT2D eigenvalue weighted by Crippen LogP contribution is -2.62. The zero-order chi connectivity index (χ0) is 28.4. The van der Waals surface area contributed by atoms with Crippen molar-refractivity contribution < 1.29 is 42.9 Å². The molecule has 5 atom stereocenters. The predicted octanol–water partition coefficient (Wildman–Crippen LogP) is 4.61. The van der Waals surface area contributed by atoms with Crippen LogP contribution in [0.15, 0.2) is 0 Å². The van der Waals surface area contributed by atoms with Crippen LogP contribution < -0.4 is 0 Å². The summed E-state index contributed by atoms with van der Waals surface area (Å²) in [4.78, 5) is 51.2. The van der Waals surface area contributed by atoms with E-state index in [2.05, 4.69) is 0 Å². The Morgan fingerprint density at radius 1 is 0.583 bits per heavy atom. The molecule has 36 heavy (non-hydrogen) atoms. The van der Waals surface area contributed by atoms with Gasteiger partial charge in [0.15, 0.2) is 18.3 Å². The molecule has 9 nitrogen and oxygen atoms in total. The van der Waals surface area contributed by atoms with E-state index >= 15 is 0 Å². The molecule has 0 spiro atoms. The maximum Gasteiger partial charge on any atom is 0.311 e. The zero-order valence-corrected chi connectivity index (χ0v) is 25.8. The first kappa shape index (κ1) is 32.6. The number of hydrogen-bond acceptors (Lipinski definition) is 9. The first-order chi connectivity index (χ1) is 16.0. The van der Waals surface area contributed by atoms with Crippen molar-refractivity contribution in [3.63, 3.8) is 0 Å². The lowest BCUT2D eigenvalue weighted by Gasteiger charge is -2.44. The Morgan fingerprint density at radius 2 is 0.917 bits per heavy atom. The molecule has 0 aromatic heterocycles. The van der Waals surface area contributed by atoms with E-state index in [1.807, 2.05) is 22.6 Å². The van der Waals surface area contributed by atoms with Gasteiger partial charge in [-0.2, -0.15) is 0 Å². The fourth-order valence-corrected chi connectivity index (χ4v) is 3.61. The molecule has 0 amide bonds. The minimum atomic E-state index is -1.19. The number of rotatable bonds is 5. The van der Waals surface area contributed by atoms with Crippen molar-refractivity contribution in [2.75, 3.05) is 6.61 Å². The number of hydrogen-bond donors (Lipinski definition) is 0. The minimum absolute atomic E-state index is 0.249. The van der Waals surface area contributed by atoms with E-state index in [0.717, 1.165) is 0 Å². The molecule has 0 saturated carbocycles. The van der Waals surface area contributed by atoms with Gasteiger partial charge in [0.25, 0.3) is 0 Å². The van der Waals surface area contributed by atoms with Gasteiger partial charge in [-0.1, -0.05) is 0 Å². The summed E-state index contributed by atoms with van der Waals surface area (Å²) in [7, 11) is 0. The van der Waals surface area contributed by atoms with Crippen molar-refractivity contribution in [1.29, 1.82) is 0 Å². The Hall–Kier alpha value is -1.43. The number of carbonyl (C=O) groups excluding carboxylic acids is 4. The van der Waals surface area contributed by atoms with Crippen LogP contribution in [0, 0.1) is 21.7 Å². The number of esters is 4. The van der Waals surface area contributed by atoms with Crippen LogP contribution in [0.25, 0.3) is 0 Å². The highest BCUT2D eigenvalue weighted by molar-refractivity contribution is 14.1. The predicted molar refractivity (Wildman–Crippen MR) is 141 cm³/mol. The van der Waals surface area contributed by atoms with E-state index < -0.39 is 74.1 Å². The monoisotopic (exact) mass is 626 g/mol. The van der Waals surface area contributed by atoms with Crippen molar-refractivity contribution in [1.82, 2.24) is 0 Å². The molecule has 1 rings (SSSR count). The smallest absolute Gasteiger partial charge is 0.311 e. The van der Waals surface area contributed by atoms with Crippen LogP contribution in [-0.4, -0.2) is 59.0 Å². The largest absolute Gasteiger partial charge is 0.462 e. The first-order valence-corrected chi connectivity index (χ1v) is 13.3. The van der Waals surface area contributed by atoms with Gasteiger partial charge in [-0.05, 0) is 106 Å². The molecule has 0 bridgehead atoms. The Morgan fingerprint density at radius 3 is 1.28 bits per heavy atom. The molecule has 0 aromatic carbocycles. The third-order valence-corrected chi connectivity index (χ3v) is 6.14. The summed E-state index contributed by atoms with van der Waals surface area (Å²) in [6, 6.07) is 0. The van der Waals surface area contributed by atoms with Crippen molar-refractivity contribution >= 4 is 46.5 Å². The van der Waals surface area contributed by atoms with Gasteiger partial charge >= 0.3 is 23.9 Å². The maximum atomic E-state index is 13.0. The van der Waals surface area contributed by atoms with Gasteiger partial charge in [-0.3, -0.25) is 19.2 Å². The number of ether oxygens (including phenoxy) is 5. The number of halogens is 1. The fraction of sp³-hybridized carbons (Fsp3) is 0.846. The van der Waals surface area contributed by atoms with Crippen LogP contribution in [-0.2, 0) is 42.9 Å². The van der Waals surface area contributed by atoms with Gasteiger partial charge in [0, 0.05) is 0 Å². The van der Waals surface area contributed by atoms with Crippen LogP contribution in [0.1, 0.15) is 83.1 Å². The van der Waals surface area contributed by atoms with Gasteiger partial charge in [0.05, 0.1) is 21.7 Å². The SMILES string of the molecule is CC(C)(C)C(=O)OC[C@H]1O[C@H](I)[C@H](OC(=O)C(C)(C)C)[C@@H](OC(=O)C(C)(C)C)[C@@H]1OC(=O)C(C)(C)C. The summed E-state index contributed by atoms with van der Waals surface area (Å²) in [5, 5.41) is 0. The van der Waals surface area contributed by atoms with E-state index in [9.17, 15) is 19.2 Å². The van der Waals surface area contributed by atoms with Crippen molar-refractivity contribution in [2.45, 2.75) is 112 Å². The summed E-state index contributed by atoms with van der Waals surface area (Å²) >= 11 is 1.94. The fourth-order valence-electron chi connectivity index (χ4n) is 2.68. The summed E-state index contributed by atoms with van der Waals surface area (Å²) in [5.41, 5.74) is -3.38. The van der Waals surface area contributed by atoms with E-state index in [0.29, 0.717) is 0 Å². The molecule has 208 valence electrons. The lowest BCUT2D eigenvalue weighted by molar-refractivity contribution is -0.243. The van der Waals surface area contributed by atoms with Gasteiger partial charge in [-0.25, -0.2) is 0 Å². The third kappa shape index (κ3) is 9.15.